The summed E-state index contributed by atoms with van der Waals surface area (Å²) in [7, 11) is 1.58. The number of methoxy groups -OCH3 is 1. The minimum Gasteiger partial charge on any atom is -0.489 e. The lowest BCUT2D eigenvalue weighted by atomic mass is 10.2. The first-order valence-corrected chi connectivity index (χ1v) is 10.0. The molecule has 0 spiro atoms. The van der Waals surface area contributed by atoms with Crippen LogP contribution in [0.4, 0.5) is 0 Å². The Bertz CT molecular complexity index is 1110. The van der Waals surface area contributed by atoms with Gasteiger partial charge in [-0.2, -0.15) is 4.98 Å². The summed E-state index contributed by atoms with van der Waals surface area (Å²) in [5, 5.41) is 4.52. The Morgan fingerprint density at radius 1 is 0.935 bits per heavy atom. The second-order valence-electron chi connectivity index (χ2n) is 7.15. The lowest BCUT2D eigenvalue weighted by Crippen LogP contribution is -2.07. The molecule has 2 aromatic heterocycles. The molecule has 0 bridgehead atoms. The first-order chi connectivity index (χ1) is 15.1. The first kappa shape index (κ1) is 20.4. The summed E-state index contributed by atoms with van der Waals surface area (Å²) in [6.45, 7) is 4.39. The molecular weight excluding hydrogens is 392 g/mol. The van der Waals surface area contributed by atoms with E-state index in [4.69, 9.17) is 14.2 Å². The molecule has 2 heterocycles. The molecule has 7 heteroatoms. The number of hydrogen-bond donors (Lipinski definition) is 0. The fourth-order valence-electron chi connectivity index (χ4n) is 2.98. The molecule has 0 aliphatic heterocycles. The lowest BCUT2D eigenvalue weighted by Gasteiger charge is -2.08. The van der Waals surface area contributed by atoms with Gasteiger partial charge in [-0.3, -0.25) is 0 Å². The maximum Gasteiger partial charge on any atom is 0.336 e. The molecule has 0 atom stereocenters. The molecule has 0 fully saturated rings. The Balaban J connectivity index is 1.60. The maximum absolute atomic E-state index is 5.89. The number of benzene rings is 2. The highest BCUT2D eigenvalue weighted by Gasteiger charge is 2.16. The Morgan fingerprint density at radius 3 is 2.35 bits per heavy atom. The quantitative estimate of drug-likeness (QED) is 0.414. The Kier molecular flexibility index (Phi) is 6.12. The number of pyridine rings is 1. The monoisotopic (exact) mass is 416 g/mol. The van der Waals surface area contributed by atoms with E-state index in [9.17, 15) is 0 Å². The molecule has 0 N–H and O–H groups in total. The summed E-state index contributed by atoms with van der Waals surface area (Å²) in [5.74, 6) is 1.96. The Morgan fingerprint density at radius 2 is 1.71 bits per heavy atom. The zero-order valence-electron chi connectivity index (χ0n) is 17.7. The second-order valence-corrected chi connectivity index (χ2v) is 7.15. The van der Waals surface area contributed by atoms with Gasteiger partial charge >= 0.3 is 6.01 Å². The summed E-state index contributed by atoms with van der Waals surface area (Å²) < 4.78 is 18.5. The number of hydrogen-bond acceptors (Lipinski definition) is 6. The van der Waals surface area contributed by atoms with Gasteiger partial charge in [0.1, 0.15) is 12.4 Å². The van der Waals surface area contributed by atoms with Crippen LogP contribution in [0, 0.1) is 0 Å². The van der Waals surface area contributed by atoms with E-state index in [1.165, 1.54) is 0 Å². The first-order valence-electron chi connectivity index (χ1n) is 10.0. The Labute approximate surface area is 181 Å². The van der Waals surface area contributed by atoms with Gasteiger partial charge in [-0.1, -0.05) is 30.3 Å². The summed E-state index contributed by atoms with van der Waals surface area (Å²) in [6, 6.07) is 21.8. The molecule has 0 unspecified atom stereocenters. The highest BCUT2D eigenvalue weighted by atomic mass is 16.5. The van der Waals surface area contributed by atoms with Gasteiger partial charge < -0.3 is 14.2 Å². The molecule has 4 aromatic rings. The van der Waals surface area contributed by atoms with E-state index in [0.29, 0.717) is 24.3 Å². The van der Waals surface area contributed by atoms with Gasteiger partial charge in [-0.25, -0.2) is 9.67 Å². The molecule has 0 saturated heterocycles. The molecule has 0 amide bonds. The van der Waals surface area contributed by atoms with E-state index in [1.54, 1.807) is 24.1 Å². The van der Waals surface area contributed by atoms with Gasteiger partial charge in [0.15, 0.2) is 5.82 Å². The van der Waals surface area contributed by atoms with Gasteiger partial charge in [0.25, 0.3) is 0 Å². The van der Waals surface area contributed by atoms with Crippen molar-refractivity contribution in [2.45, 2.75) is 26.6 Å². The van der Waals surface area contributed by atoms with Crippen molar-refractivity contribution in [3.05, 3.63) is 78.5 Å². The molecule has 0 saturated carbocycles. The fourth-order valence-corrected chi connectivity index (χ4v) is 2.98. The largest absolute Gasteiger partial charge is 0.489 e. The fraction of sp³-hybridized carbons (Fsp3) is 0.208. The van der Waals surface area contributed by atoms with Crippen molar-refractivity contribution in [3.8, 4) is 34.7 Å². The molecule has 0 aliphatic rings. The van der Waals surface area contributed by atoms with Gasteiger partial charge in [-0.05, 0) is 49.7 Å². The van der Waals surface area contributed by atoms with Crippen LogP contribution >= 0.6 is 0 Å². The van der Waals surface area contributed by atoms with Crippen molar-refractivity contribution in [2.24, 2.45) is 0 Å². The number of nitrogens with zero attached hydrogens (tertiary/aromatic N) is 4. The number of ether oxygens (including phenoxy) is 3. The SMILES string of the molecule is COc1ccc(-n2nc(OC(C)C)nc2-c2ccc(OCc3ccccc3)cc2)cn1. The summed E-state index contributed by atoms with van der Waals surface area (Å²) in [4.78, 5) is 8.87. The zero-order chi connectivity index (χ0) is 21.6. The van der Waals surface area contributed by atoms with E-state index in [1.807, 2.05) is 74.5 Å². The minimum absolute atomic E-state index is 0.0357. The van der Waals surface area contributed by atoms with Crippen molar-refractivity contribution >= 4 is 0 Å². The van der Waals surface area contributed by atoms with Crippen molar-refractivity contribution in [2.75, 3.05) is 7.11 Å². The second kappa shape index (κ2) is 9.30. The van der Waals surface area contributed by atoms with Crippen LogP contribution in [-0.2, 0) is 6.61 Å². The van der Waals surface area contributed by atoms with Crippen molar-refractivity contribution in [3.63, 3.8) is 0 Å². The van der Waals surface area contributed by atoms with Crippen LogP contribution in [0.5, 0.6) is 17.6 Å². The number of aromatic nitrogens is 4. The topological polar surface area (TPSA) is 71.3 Å². The normalized spacial score (nSPS) is 10.8. The van der Waals surface area contributed by atoms with E-state index in [-0.39, 0.29) is 6.10 Å². The predicted molar refractivity (Wildman–Crippen MR) is 118 cm³/mol. The average Bonchev–Trinajstić information content (AvgIpc) is 3.22. The molecule has 31 heavy (non-hydrogen) atoms. The van der Waals surface area contributed by atoms with Crippen LogP contribution in [0.25, 0.3) is 17.1 Å². The van der Waals surface area contributed by atoms with Crippen LogP contribution in [0.1, 0.15) is 19.4 Å². The lowest BCUT2D eigenvalue weighted by molar-refractivity contribution is 0.222. The average molecular weight is 416 g/mol. The third-order valence-corrected chi connectivity index (χ3v) is 4.46. The number of rotatable bonds is 8. The molecule has 0 aliphatic carbocycles. The standard InChI is InChI=1S/C24H24N4O3/c1-17(2)31-24-26-23(28(27-24)20-11-14-22(29-3)25-15-20)19-9-12-21(13-10-19)30-16-18-7-5-4-6-8-18/h4-15,17H,16H2,1-3H3. The van der Waals surface area contributed by atoms with Crippen LogP contribution < -0.4 is 14.2 Å². The molecule has 4 rings (SSSR count). The summed E-state index contributed by atoms with van der Waals surface area (Å²) in [6.07, 6.45) is 1.65. The van der Waals surface area contributed by atoms with Crippen LogP contribution in [0.15, 0.2) is 72.9 Å². The highest BCUT2D eigenvalue weighted by molar-refractivity contribution is 5.59. The van der Waals surface area contributed by atoms with Gasteiger partial charge in [0.2, 0.25) is 5.88 Å². The molecule has 7 nitrogen and oxygen atoms in total. The van der Waals surface area contributed by atoms with Crippen molar-refractivity contribution in [1.29, 1.82) is 0 Å². The summed E-state index contributed by atoms with van der Waals surface area (Å²) in [5.41, 5.74) is 2.76. The van der Waals surface area contributed by atoms with E-state index < -0.39 is 0 Å². The van der Waals surface area contributed by atoms with Gasteiger partial charge in [0.05, 0.1) is 25.1 Å². The van der Waals surface area contributed by atoms with E-state index in [2.05, 4.69) is 15.1 Å². The molecular formula is C24H24N4O3. The van der Waals surface area contributed by atoms with E-state index in [0.717, 1.165) is 22.6 Å². The molecule has 2 aromatic carbocycles. The van der Waals surface area contributed by atoms with Gasteiger partial charge in [0, 0.05) is 11.6 Å². The van der Waals surface area contributed by atoms with Crippen molar-refractivity contribution < 1.29 is 14.2 Å². The molecule has 158 valence electrons. The van der Waals surface area contributed by atoms with Crippen LogP contribution in [0.2, 0.25) is 0 Å². The minimum atomic E-state index is -0.0357. The smallest absolute Gasteiger partial charge is 0.336 e. The summed E-state index contributed by atoms with van der Waals surface area (Å²) >= 11 is 0. The molecule has 0 radical (unpaired) electrons. The van der Waals surface area contributed by atoms with E-state index >= 15 is 0 Å². The van der Waals surface area contributed by atoms with Crippen LogP contribution in [0.3, 0.4) is 0 Å². The van der Waals surface area contributed by atoms with Crippen molar-refractivity contribution in [1.82, 2.24) is 19.7 Å². The third kappa shape index (κ3) is 5.01. The van der Waals surface area contributed by atoms with Crippen LogP contribution in [-0.4, -0.2) is 33.0 Å². The van der Waals surface area contributed by atoms with Gasteiger partial charge in [-0.15, -0.1) is 5.10 Å². The highest BCUT2D eigenvalue weighted by Crippen LogP contribution is 2.26. The third-order valence-electron chi connectivity index (χ3n) is 4.46. The zero-order valence-corrected chi connectivity index (χ0v) is 17.7. The predicted octanol–water partition coefficient (Wildman–Crippen LogP) is 4.70. The maximum atomic E-state index is 5.89. The Hall–Kier alpha value is -3.87.